The number of thioether (sulfide) groups is 1. The highest BCUT2D eigenvalue weighted by Gasteiger charge is 2.38. The highest BCUT2D eigenvalue weighted by molar-refractivity contribution is 8.00. The van der Waals surface area contributed by atoms with Crippen LogP contribution in [0.2, 0.25) is 0 Å². The lowest BCUT2D eigenvalue weighted by molar-refractivity contribution is 0.293. The van der Waals surface area contributed by atoms with Crippen molar-refractivity contribution in [2.24, 2.45) is 12.0 Å². The zero-order valence-electron chi connectivity index (χ0n) is 15.8. The number of rotatable bonds is 5. The molecule has 2 fully saturated rings. The van der Waals surface area contributed by atoms with E-state index in [1.165, 1.54) is 50.0 Å². The van der Waals surface area contributed by atoms with Gasteiger partial charge in [0.25, 0.3) is 0 Å². The third-order valence-electron chi connectivity index (χ3n) is 5.29. The molecular weight excluding hydrogens is 330 g/mol. The Balaban J connectivity index is 1.55. The minimum atomic E-state index is 0.488. The maximum atomic E-state index is 4.93. The normalized spacial score (nSPS) is 20.9. The van der Waals surface area contributed by atoms with Crippen molar-refractivity contribution in [3.05, 3.63) is 18.0 Å². The van der Waals surface area contributed by atoms with Gasteiger partial charge in [-0.1, -0.05) is 19.3 Å². The van der Waals surface area contributed by atoms with Crippen molar-refractivity contribution in [1.29, 1.82) is 0 Å². The molecule has 1 aliphatic carbocycles. The van der Waals surface area contributed by atoms with Crippen LogP contribution in [0.15, 0.2) is 17.4 Å². The molecule has 3 rings (SSSR count). The quantitative estimate of drug-likeness (QED) is 0.496. The van der Waals surface area contributed by atoms with Gasteiger partial charge in [-0.2, -0.15) is 16.9 Å². The van der Waals surface area contributed by atoms with Crippen LogP contribution in [0.4, 0.5) is 0 Å². The number of aromatic nitrogens is 2. The Hall–Kier alpha value is -1.17. The van der Waals surface area contributed by atoms with Crippen LogP contribution in [0.3, 0.4) is 0 Å². The largest absolute Gasteiger partial charge is 0.357 e. The number of hydrogen-bond acceptors (Lipinski definition) is 3. The molecule has 1 aromatic heterocycles. The molecule has 1 N–H and O–H groups in total. The molecule has 140 valence electrons. The van der Waals surface area contributed by atoms with E-state index in [1.807, 2.05) is 17.9 Å². The molecule has 0 aromatic carbocycles. The maximum Gasteiger partial charge on any atom is 0.193 e. The van der Waals surface area contributed by atoms with Crippen molar-refractivity contribution in [2.45, 2.75) is 56.6 Å². The standard InChI is InChI=1S/C19H33N5S/c1-3-20-18(21-11-7-8-17-14-22-23(2)15-17)24-12-13-25-19(16-24)9-5-4-6-10-19/h14-15H,3-13,16H2,1-2H3,(H,20,21). The Morgan fingerprint density at radius 2 is 2.20 bits per heavy atom. The van der Waals surface area contributed by atoms with Gasteiger partial charge in [-0.05, 0) is 38.2 Å². The zero-order valence-corrected chi connectivity index (χ0v) is 16.7. The lowest BCUT2D eigenvalue weighted by Gasteiger charge is -2.45. The molecule has 1 aromatic rings. The molecule has 0 amide bonds. The van der Waals surface area contributed by atoms with E-state index in [0.717, 1.165) is 38.4 Å². The van der Waals surface area contributed by atoms with Crippen LogP contribution in [-0.4, -0.2) is 57.3 Å². The Bertz CT molecular complexity index is 556. The summed E-state index contributed by atoms with van der Waals surface area (Å²) in [6.07, 6.45) is 13.2. The summed E-state index contributed by atoms with van der Waals surface area (Å²) in [6.45, 7) is 6.29. The fourth-order valence-electron chi connectivity index (χ4n) is 4.02. The van der Waals surface area contributed by atoms with E-state index in [0.29, 0.717) is 4.75 Å². The monoisotopic (exact) mass is 363 g/mol. The molecule has 25 heavy (non-hydrogen) atoms. The minimum absolute atomic E-state index is 0.488. The zero-order chi connectivity index (χ0) is 17.5. The summed E-state index contributed by atoms with van der Waals surface area (Å²) in [6, 6.07) is 0. The van der Waals surface area contributed by atoms with Crippen LogP contribution in [0.1, 0.15) is 51.0 Å². The molecule has 0 radical (unpaired) electrons. The van der Waals surface area contributed by atoms with Gasteiger partial charge in [0.2, 0.25) is 0 Å². The van der Waals surface area contributed by atoms with Crippen molar-refractivity contribution >= 4 is 17.7 Å². The minimum Gasteiger partial charge on any atom is -0.357 e. The van der Waals surface area contributed by atoms with Crippen LogP contribution in [0.25, 0.3) is 0 Å². The highest BCUT2D eigenvalue weighted by Crippen LogP contribution is 2.42. The Kier molecular flexibility index (Phi) is 6.68. The predicted molar refractivity (Wildman–Crippen MR) is 107 cm³/mol. The summed E-state index contributed by atoms with van der Waals surface area (Å²) in [4.78, 5) is 7.46. The number of nitrogens with zero attached hydrogens (tertiary/aromatic N) is 4. The molecule has 1 aliphatic heterocycles. The molecule has 1 saturated heterocycles. The summed E-state index contributed by atoms with van der Waals surface area (Å²) in [7, 11) is 1.97. The highest BCUT2D eigenvalue weighted by atomic mass is 32.2. The molecular formula is C19H33N5S. The topological polar surface area (TPSA) is 45.5 Å². The van der Waals surface area contributed by atoms with Crippen molar-refractivity contribution in [3.63, 3.8) is 0 Å². The molecule has 0 bridgehead atoms. The fraction of sp³-hybridized carbons (Fsp3) is 0.789. The van der Waals surface area contributed by atoms with Crippen molar-refractivity contribution in [3.8, 4) is 0 Å². The molecule has 2 heterocycles. The molecule has 0 atom stereocenters. The summed E-state index contributed by atoms with van der Waals surface area (Å²) in [5, 5.41) is 7.77. The van der Waals surface area contributed by atoms with Gasteiger partial charge in [0.15, 0.2) is 5.96 Å². The molecule has 1 spiro atoms. The third kappa shape index (κ3) is 5.16. The average Bonchev–Trinajstić information content (AvgIpc) is 3.04. The first-order valence-electron chi connectivity index (χ1n) is 9.85. The summed E-state index contributed by atoms with van der Waals surface area (Å²) < 4.78 is 2.36. The van der Waals surface area contributed by atoms with Gasteiger partial charge in [-0.25, -0.2) is 0 Å². The summed E-state index contributed by atoms with van der Waals surface area (Å²) in [5.74, 6) is 2.36. The van der Waals surface area contributed by atoms with Crippen LogP contribution in [0, 0.1) is 0 Å². The van der Waals surface area contributed by atoms with Gasteiger partial charge in [-0.15, -0.1) is 0 Å². The van der Waals surface area contributed by atoms with E-state index >= 15 is 0 Å². The molecule has 2 aliphatic rings. The fourth-order valence-corrected chi connectivity index (χ4v) is 5.59. The van der Waals surface area contributed by atoms with Gasteiger partial charge >= 0.3 is 0 Å². The Morgan fingerprint density at radius 1 is 1.36 bits per heavy atom. The van der Waals surface area contributed by atoms with Crippen molar-refractivity contribution in [2.75, 3.05) is 31.9 Å². The Morgan fingerprint density at radius 3 is 2.92 bits per heavy atom. The summed E-state index contributed by atoms with van der Waals surface area (Å²) >= 11 is 2.22. The van der Waals surface area contributed by atoms with Gasteiger partial charge < -0.3 is 10.2 Å². The van der Waals surface area contributed by atoms with Gasteiger partial charge in [-0.3, -0.25) is 9.67 Å². The van der Waals surface area contributed by atoms with Crippen LogP contribution < -0.4 is 5.32 Å². The van der Waals surface area contributed by atoms with E-state index < -0.39 is 0 Å². The van der Waals surface area contributed by atoms with Crippen LogP contribution in [0.5, 0.6) is 0 Å². The Labute approximate surface area is 156 Å². The number of nitrogens with one attached hydrogen (secondary N) is 1. The van der Waals surface area contributed by atoms with Crippen LogP contribution >= 0.6 is 11.8 Å². The smallest absolute Gasteiger partial charge is 0.193 e. The van der Waals surface area contributed by atoms with Gasteiger partial charge in [0, 0.05) is 49.9 Å². The lowest BCUT2D eigenvalue weighted by Crippen LogP contribution is -2.53. The first-order chi connectivity index (χ1) is 12.2. The molecule has 0 unspecified atom stereocenters. The van der Waals surface area contributed by atoms with E-state index in [9.17, 15) is 0 Å². The predicted octanol–water partition coefficient (Wildman–Crippen LogP) is 3.07. The van der Waals surface area contributed by atoms with Crippen molar-refractivity contribution < 1.29 is 0 Å². The molecule has 5 nitrogen and oxygen atoms in total. The van der Waals surface area contributed by atoms with Gasteiger partial charge in [0.1, 0.15) is 0 Å². The second-order valence-electron chi connectivity index (χ2n) is 7.38. The first kappa shape index (κ1) is 18.6. The SMILES string of the molecule is CCNC(=NCCCc1cnn(C)c1)N1CCSC2(CCCCC2)C1. The number of guanidine groups is 1. The van der Waals surface area contributed by atoms with E-state index in [2.05, 4.69) is 40.2 Å². The lowest BCUT2D eigenvalue weighted by atomic mass is 9.87. The average molecular weight is 364 g/mol. The molecule has 1 saturated carbocycles. The van der Waals surface area contributed by atoms with E-state index in [1.54, 1.807) is 0 Å². The second-order valence-corrected chi connectivity index (χ2v) is 8.94. The van der Waals surface area contributed by atoms with Crippen molar-refractivity contribution in [1.82, 2.24) is 20.0 Å². The van der Waals surface area contributed by atoms with Crippen LogP contribution in [-0.2, 0) is 13.5 Å². The van der Waals surface area contributed by atoms with E-state index in [-0.39, 0.29) is 0 Å². The third-order valence-corrected chi connectivity index (χ3v) is 6.83. The first-order valence-corrected chi connectivity index (χ1v) is 10.8. The molecule has 6 heteroatoms. The second kappa shape index (κ2) is 8.97. The number of aliphatic imine (C=N–C) groups is 1. The number of aryl methyl sites for hydroxylation is 2. The maximum absolute atomic E-state index is 4.93. The number of hydrogen-bond donors (Lipinski definition) is 1. The van der Waals surface area contributed by atoms with Gasteiger partial charge in [0.05, 0.1) is 6.20 Å². The summed E-state index contributed by atoms with van der Waals surface area (Å²) in [5.41, 5.74) is 1.30. The van der Waals surface area contributed by atoms with E-state index in [4.69, 9.17) is 4.99 Å².